The largest absolute Gasteiger partial charge is 0.497 e. The zero-order valence-corrected chi connectivity index (χ0v) is 18.2. The molecule has 8 nitrogen and oxygen atoms in total. The molecule has 10 heteroatoms. The number of carbonyl (C=O) groups is 1. The second-order valence-electron chi connectivity index (χ2n) is 5.96. The van der Waals surface area contributed by atoms with Gasteiger partial charge in [0.25, 0.3) is 0 Å². The molecule has 30 heavy (non-hydrogen) atoms. The Morgan fingerprint density at radius 3 is 2.67 bits per heavy atom. The fourth-order valence-corrected chi connectivity index (χ4v) is 3.36. The molecule has 3 rings (SSSR count). The maximum Gasteiger partial charge on any atom is 0.365 e. The van der Waals surface area contributed by atoms with Crippen molar-refractivity contribution in [2.45, 2.75) is 12.1 Å². The number of nitrogens with one attached hydrogen (secondary N) is 1. The first-order valence-corrected chi connectivity index (χ1v) is 10.2. The molecule has 3 aromatic rings. The molecule has 0 amide bonds. The van der Waals surface area contributed by atoms with E-state index in [4.69, 9.17) is 21.1 Å². The van der Waals surface area contributed by atoms with Gasteiger partial charge in [-0.05, 0) is 61.2 Å². The summed E-state index contributed by atoms with van der Waals surface area (Å²) >= 11 is 7.04. The number of carbonyl (C=O) groups excluding carboxylic acids is 1. The Morgan fingerprint density at radius 1 is 1.23 bits per heavy atom. The van der Waals surface area contributed by atoms with E-state index in [0.717, 1.165) is 23.1 Å². The quantitative estimate of drug-likeness (QED) is 0.199. The number of ether oxygens (including phenoxy) is 2. The molecule has 0 spiro atoms. The molecule has 2 aromatic carbocycles. The Labute approximate surface area is 183 Å². The number of rotatable bonds is 6. The van der Waals surface area contributed by atoms with Crippen LogP contribution in [0.3, 0.4) is 0 Å². The van der Waals surface area contributed by atoms with Gasteiger partial charge in [0.1, 0.15) is 5.75 Å². The topological polar surface area (TPSA) is 90.6 Å². The lowest BCUT2D eigenvalue weighted by atomic mass is 10.2. The molecule has 0 saturated heterocycles. The molecule has 0 saturated carbocycles. The molecule has 1 N–H and O–H groups in total. The van der Waals surface area contributed by atoms with Crippen molar-refractivity contribution in [2.75, 3.05) is 19.1 Å². The van der Waals surface area contributed by atoms with Crippen molar-refractivity contribution in [3.05, 3.63) is 53.6 Å². The van der Waals surface area contributed by atoms with Gasteiger partial charge in [0.15, 0.2) is 11.0 Å². The van der Waals surface area contributed by atoms with Gasteiger partial charge in [0.05, 0.1) is 19.4 Å². The molecule has 1 aromatic heterocycles. The smallest absolute Gasteiger partial charge is 0.365 e. The normalized spacial score (nSPS) is 11.3. The predicted octanol–water partition coefficient (Wildman–Crippen LogP) is 4.22. The number of halogens is 1. The molecule has 0 bridgehead atoms. The van der Waals surface area contributed by atoms with Crippen molar-refractivity contribution in [3.63, 3.8) is 0 Å². The van der Waals surface area contributed by atoms with E-state index in [1.54, 1.807) is 42.9 Å². The first-order chi connectivity index (χ1) is 14.5. The predicted molar refractivity (Wildman–Crippen MR) is 118 cm³/mol. The van der Waals surface area contributed by atoms with Crippen LogP contribution < -0.4 is 10.2 Å². The van der Waals surface area contributed by atoms with Crippen LogP contribution in [-0.2, 0) is 16.6 Å². The van der Waals surface area contributed by atoms with E-state index >= 15 is 0 Å². The number of esters is 1. The standard InChI is InChI=1S/C20H20ClN5O3S/c1-4-29-19(27)18(24-22-15-7-5-6-14(21)12-15)30-20-25-23-17(26(20)2)13-8-10-16(28-3)11-9-13/h5-12,22H,4H2,1-3H3/b24-18-. The van der Waals surface area contributed by atoms with E-state index in [1.165, 1.54) is 0 Å². The molecular formula is C20H20ClN5O3S. The number of benzene rings is 2. The van der Waals surface area contributed by atoms with E-state index in [1.807, 2.05) is 31.3 Å². The number of anilines is 1. The lowest BCUT2D eigenvalue weighted by Gasteiger charge is -2.08. The highest BCUT2D eigenvalue weighted by Crippen LogP contribution is 2.26. The van der Waals surface area contributed by atoms with Crippen molar-refractivity contribution in [2.24, 2.45) is 12.1 Å². The lowest BCUT2D eigenvalue weighted by molar-refractivity contribution is -0.134. The number of thioether (sulfide) groups is 1. The van der Waals surface area contributed by atoms with E-state index < -0.39 is 5.97 Å². The Morgan fingerprint density at radius 2 is 2.00 bits per heavy atom. The van der Waals surface area contributed by atoms with Crippen LogP contribution in [0.2, 0.25) is 5.02 Å². The Balaban J connectivity index is 1.84. The number of hydrogen-bond donors (Lipinski definition) is 1. The van der Waals surface area contributed by atoms with Crippen LogP contribution in [0.25, 0.3) is 11.4 Å². The number of methoxy groups -OCH3 is 1. The summed E-state index contributed by atoms with van der Waals surface area (Å²) in [7, 11) is 3.43. The van der Waals surface area contributed by atoms with Crippen LogP contribution in [0.1, 0.15) is 6.92 Å². The van der Waals surface area contributed by atoms with Crippen LogP contribution in [0.15, 0.2) is 58.8 Å². The third-order valence-electron chi connectivity index (χ3n) is 3.93. The molecule has 0 aliphatic heterocycles. The summed E-state index contributed by atoms with van der Waals surface area (Å²) in [6, 6.07) is 14.5. The number of hydrazone groups is 1. The molecule has 0 unspecified atom stereocenters. The van der Waals surface area contributed by atoms with Gasteiger partial charge in [-0.25, -0.2) is 4.79 Å². The molecule has 0 radical (unpaired) electrons. The van der Waals surface area contributed by atoms with E-state index in [0.29, 0.717) is 21.7 Å². The first kappa shape index (κ1) is 21.7. The fraction of sp³-hybridized carbons (Fsp3) is 0.200. The third kappa shape index (κ3) is 5.31. The van der Waals surface area contributed by atoms with E-state index in [-0.39, 0.29) is 11.7 Å². The number of aromatic nitrogens is 3. The van der Waals surface area contributed by atoms with Crippen molar-refractivity contribution >= 4 is 40.1 Å². The summed E-state index contributed by atoms with van der Waals surface area (Å²) in [4.78, 5) is 12.4. The monoisotopic (exact) mass is 445 g/mol. The minimum absolute atomic E-state index is 0.0913. The maximum atomic E-state index is 12.4. The summed E-state index contributed by atoms with van der Waals surface area (Å²) in [6.45, 7) is 1.96. The Bertz CT molecular complexity index is 1050. The first-order valence-electron chi connectivity index (χ1n) is 9.00. The SMILES string of the molecule is CCOC(=O)/C(=N/Nc1cccc(Cl)c1)Sc1nnc(-c2ccc(OC)cc2)n1C. The van der Waals surface area contributed by atoms with Crippen LogP contribution in [0.5, 0.6) is 5.75 Å². The number of hydrogen-bond acceptors (Lipinski definition) is 8. The average molecular weight is 446 g/mol. The zero-order chi connectivity index (χ0) is 21.5. The second-order valence-corrected chi connectivity index (χ2v) is 7.35. The fourth-order valence-electron chi connectivity index (χ4n) is 2.46. The third-order valence-corrected chi connectivity index (χ3v) is 5.16. The maximum absolute atomic E-state index is 12.4. The molecule has 1 heterocycles. The van der Waals surface area contributed by atoms with Gasteiger partial charge in [0.2, 0.25) is 5.04 Å². The van der Waals surface area contributed by atoms with E-state index in [2.05, 4.69) is 20.7 Å². The van der Waals surface area contributed by atoms with Gasteiger partial charge in [-0.2, -0.15) is 5.10 Å². The minimum Gasteiger partial charge on any atom is -0.497 e. The molecule has 0 aliphatic carbocycles. The number of nitrogens with zero attached hydrogens (tertiary/aromatic N) is 4. The average Bonchev–Trinajstić information content (AvgIpc) is 3.11. The van der Waals surface area contributed by atoms with E-state index in [9.17, 15) is 4.79 Å². The van der Waals surface area contributed by atoms with Crippen LogP contribution in [0.4, 0.5) is 5.69 Å². The highest BCUT2D eigenvalue weighted by atomic mass is 35.5. The minimum atomic E-state index is -0.564. The zero-order valence-electron chi connectivity index (χ0n) is 16.6. The summed E-state index contributed by atoms with van der Waals surface area (Å²) < 4.78 is 12.1. The second kappa shape index (κ2) is 10.1. The molecule has 0 aliphatic rings. The van der Waals surface area contributed by atoms with Gasteiger partial charge >= 0.3 is 5.97 Å². The highest BCUT2D eigenvalue weighted by Gasteiger charge is 2.20. The van der Waals surface area contributed by atoms with Crippen molar-refractivity contribution in [1.82, 2.24) is 14.8 Å². The lowest BCUT2D eigenvalue weighted by Crippen LogP contribution is -2.16. The van der Waals surface area contributed by atoms with Crippen molar-refractivity contribution in [1.29, 1.82) is 0 Å². The van der Waals surface area contributed by atoms with Crippen molar-refractivity contribution in [3.8, 4) is 17.1 Å². The summed E-state index contributed by atoms with van der Waals surface area (Å²) in [5.41, 5.74) is 4.33. The summed E-state index contributed by atoms with van der Waals surface area (Å²) in [5, 5.41) is 13.8. The molecule has 0 atom stereocenters. The summed E-state index contributed by atoms with van der Waals surface area (Å²) in [5.74, 6) is 0.830. The van der Waals surface area contributed by atoms with Crippen LogP contribution in [-0.4, -0.2) is 39.5 Å². The Hall–Kier alpha value is -3.04. The van der Waals surface area contributed by atoms with Gasteiger partial charge < -0.3 is 14.0 Å². The van der Waals surface area contributed by atoms with Crippen LogP contribution >= 0.6 is 23.4 Å². The highest BCUT2D eigenvalue weighted by molar-refractivity contribution is 8.15. The Kier molecular flexibility index (Phi) is 7.31. The van der Waals surface area contributed by atoms with Gasteiger partial charge in [-0.3, -0.25) is 5.43 Å². The van der Waals surface area contributed by atoms with Gasteiger partial charge in [-0.1, -0.05) is 17.7 Å². The molecule has 0 fully saturated rings. The van der Waals surface area contributed by atoms with Crippen LogP contribution in [0, 0.1) is 0 Å². The summed E-state index contributed by atoms with van der Waals surface area (Å²) in [6.07, 6.45) is 0. The molecular weight excluding hydrogens is 426 g/mol. The molecule has 156 valence electrons. The van der Waals surface area contributed by atoms with Gasteiger partial charge in [-0.15, -0.1) is 10.2 Å². The van der Waals surface area contributed by atoms with Crippen molar-refractivity contribution < 1.29 is 14.3 Å². The van der Waals surface area contributed by atoms with Gasteiger partial charge in [0, 0.05) is 17.6 Å².